The summed E-state index contributed by atoms with van der Waals surface area (Å²) < 4.78 is 13.0. The summed E-state index contributed by atoms with van der Waals surface area (Å²) in [6.07, 6.45) is 4.80. The molecular formula is C15H15ClFNO3. The van der Waals surface area contributed by atoms with Crippen LogP contribution in [-0.4, -0.2) is 23.5 Å². The van der Waals surface area contributed by atoms with Crippen LogP contribution in [0.1, 0.15) is 24.8 Å². The van der Waals surface area contributed by atoms with Gasteiger partial charge in [-0.05, 0) is 36.6 Å². The van der Waals surface area contributed by atoms with Gasteiger partial charge in [0.1, 0.15) is 5.82 Å². The van der Waals surface area contributed by atoms with E-state index in [0.717, 1.165) is 6.42 Å². The topological polar surface area (TPSA) is 66.4 Å². The summed E-state index contributed by atoms with van der Waals surface area (Å²) in [6, 6.07) is 4.12. The number of carboxylic acid groups (broad SMARTS) is 1. The van der Waals surface area contributed by atoms with Crippen LogP contribution in [0.25, 0.3) is 6.08 Å². The van der Waals surface area contributed by atoms with E-state index in [9.17, 15) is 14.0 Å². The van der Waals surface area contributed by atoms with E-state index in [-0.39, 0.29) is 17.5 Å². The van der Waals surface area contributed by atoms with E-state index in [4.69, 9.17) is 16.7 Å². The molecule has 1 aromatic rings. The van der Waals surface area contributed by atoms with Gasteiger partial charge < -0.3 is 10.4 Å². The quantitative estimate of drug-likeness (QED) is 0.822. The van der Waals surface area contributed by atoms with Crippen LogP contribution in [0.3, 0.4) is 0 Å². The summed E-state index contributed by atoms with van der Waals surface area (Å²) in [5.41, 5.74) is -0.226. The van der Waals surface area contributed by atoms with Gasteiger partial charge in [0.15, 0.2) is 0 Å². The highest BCUT2D eigenvalue weighted by Crippen LogP contribution is 2.40. The largest absolute Gasteiger partial charge is 0.481 e. The Balaban J connectivity index is 1.91. The Morgan fingerprint density at radius 2 is 2.14 bits per heavy atom. The summed E-state index contributed by atoms with van der Waals surface area (Å²) in [6.45, 7) is 0.121. The van der Waals surface area contributed by atoms with Crippen molar-refractivity contribution in [2.75, 3.05) is 6.54 Å². The maximum absolute atomic E-state index is 13.0. The van der Waals surface area contributed by atoms with Crippen LogP contribution in [0.15, 0.2) is 24.3 Å². The van der Waals surface area contributed by atoms with E-state index in [0.29, 0.717) is 18.4 Å². The van der Waals surface area contributed by atoms with E-state index >= 15 is 0 Å². The number of amides is 1. The molecule has 0 aliphatic heterocycles. The number of rotatable bonds is 5. The lowest BCUT2D eigenvalue weighted by molar-refractivity contribution is -0.154. The maximum Gasteiger partial charge on any atom is 0.311 e. The normalized spacial score (nSPS) is 16.5. The van der Waals surface area contributed by atoms with Gasteiger partial charge in [-0.25, -0.2) is 4.39 Å². The van der Waals surface area contributed by atoms with E-state index in [1.165, 1.54) is 30.4 Å². The predicted molar refractivity (Wildman–Crippen MR) is 77.4 cm³/mol. The van der Waals surface area contributed by atoms with Crippen LogP contribution in [-0.2, 0) is 9.59 Å². The molecule has 0 aromatic heterocycles. The molecule has 1 aromatic carbocycles. The van der Waals surface area contributed by atoms with Gasteiger partial charge in [0, 0.05) is 12.6 Å². The van der Waals surface area contributed by atoms with Crippen LogP contribution >= 0.6 is 11.6 Å². The SMILES string of the molecule is O=C(/C=C/c1ccc(F)c(Cl)c1)NCC1(C(=O)O)CCC1. The van der Waals surface area contributed by atoms with Gasteiger partial charge in [0.05, 0.1) is 10.4 Å². The Labute approximate surface area is 126 Å². The molecule has 0 bridgehead atoms. The zero-order valence-electron chi connectivity index (χ0n) is 11.2. The average molecular weight is 312 g/mol. The monoisotopic (exact) mass is 311 g/mol. The van der Waals surface area contributed by atoms with Crippen molar-refractivity contribution in [3.8, 4) is 0 Å². The van der Waals surface area contributed by atoms with Crippen LogP contribution in [0, 0.1) is 11.2 Å². The minimum Gasteiger partial charge on any atom is -0.481 e. The third-order valence-electron chi connectivity index (χ3n) is 3.74. The van der Waals surface area contributed by atoms with Gasteiger partial charge in [-0.15, -0.1) is 0 Å². The van der Waals surface area contributed by atoms with Gasteiger partial charge in [-0.2, -0.15) is 0 Å². The minimum atomic E-state index is -0.872. The number of aliphatic carboxylic acids is 1. The molecule has 2 N–H and O–H groups in total. The van der Waals surface area contributed by atoms with Crippen LogP contribution in [0.5, 0.6) is 0 Å². The molecule has 0 heterocycles. The number of halogens is 2. The molecule has 6 heteroatoms. The van der Waals surface area contributed by atoms with Crippen LogP contribution in [0.4, 0.5) is 4.39 Å². The van der Waals surface area contributed by atoms with E-state index in [2.05, 4.69) is 5.32 Å². The Kier molecular flexibility index (Phi) is 4.63. The van der Waals surface area contributed by atoms with Crippen molar-refractivity contribution in [3.63, 3.8) is 0 Å². The van der Waals surface area contributed by atoms with Gasteiger partial charge in [-0.3, -0.25) is 9.59 Å². The van der Waals surface area contributed by atoms with Gasteiger partial charge in [0.25, 0.3) is 0 Å². The lowest BCUT2D eigenvalue weighted by Crippen LogP contribution is -2.47. The highest BCUT2D eigenvalue weighted by atomic mass is 35.5. The molecule has 2 rings (SSSR count). The minimum absolute atomic E-state index is 0.0168. The summed E-state index contributed by atoms with van der Waals surface area (Å²) in [5.74, 6) is -1.78. The predicted octanol–water partition coefficient (Wildman–Crippen LogP) is 2.86. The molecule has 4 nitrogen and oxygen atoms in total. The Morgan fingerprint density at radius 1 is 1.43 bits per heavy atom. The van der Waals surface area contributed by atoms with Crippen LogP contribution in [0.2, 0.25) is 5.02 Å². The molecular weight excluding hydrogens is 297 g/mol. The van der Waals surface area contributed by atoms with Gasteiger partial charge in [-0.1, -0.05) is 24.1 Å². The first-order valence-electron chi connectivity index (χ1n) is 6.57. The number of nitrogens with one attached hydrogen (secondary N) is 1. The first-order valence-corrected chi connectivity index (χ1v) is 6.95. The molecule has 1 fully saturated rings. The fourth-order valence-electron chi connectivity index (χ4n) is 2.17. The highest BCUT2D eigenvalue weighted by Gasteiger charge is 2.44. The van der Waals surface area contributed by atoms with Crippen LogP contribution < -0.4 is 5.32 Å². The summed E-state index contributed by atoms with van der Waals surface area (Å²) in [7, 11) is 0. The van der Waals surface area contributed by atoms with Crippen molar-refractivity contribution < 1.29 is 19.1 Å². The molecule has 112 valence electrons. The van der Waals surface area contributed by atoms with E-state index in [1.807, 2.05) is 0 Å². The Morgan fingerprint density at radius 3 is 2.67 bits per heavy atom. The molecule has 0 unspecified atom stereocenters. The second-order valence-corrected chi connectivity index (χ2v) is 5.57. The Hall–Kier alpha value is -1.88. The van der Waals surface area contributed by atoms with E-state index < -0.39 is 17.2 Å². The van der Waals surface area contributed by atoms with Crippen molar-refractivity contribution in [3.05, 3.63) is 40.7 Å². The summed E-state index contributed by atoms with van der Waals surface area (Å²) >= 11 is 5.64. The number of carbonyl (C=O) groups is 2. The first kappa shape index (κ1) is 15.5. The average Bonchev–Trinajstić information content (AvgIpc) is 2.38. The number of hydrogen-bond acceptors (Lipinski definition) is 2. The molecule has 0 radical (unpaired) electrons. The molecule has 0 atom stereocenters. The molecule has 0 spiro atoms. The molecule has 21 heavy (non-hydrogen) atoms. The second kappa shape index (κ2) is 6.26. The lowest BCUT2D eigenvalue weighted by atomic mass is 9.69. The van der Waals surface area contributed by atoms with Crippen molar-refractivity contribution in [1.82, 2.24) is 5.32 Å². The lowest BCUT2D eigenvalue weighted by Gasteiger charge is -2.37. The van der Waals surface area contributed by atoms with Crippen molar-refractivity contribution in [1.29, 1.82) is 0 Å². The van der Waals surface area contributed by atoms with Gasteiger partial charge in [0.2, 0.25) is 5.91 Å². The Bertz CT molecular complexity index is 597. The molecule has 1 amide bonds. The standard InChI is InChI=1S/C15H15ClFNO3/c16-11-8-10(2-4-12(11)17)3-5-13(19)18-9-15(14(20)21)6-1-7-15/h2-5,8H,1,6-7,9H2,(H,18,19)(H,20,21)/b5-3+. The van der Waals surface area contributed by atoms with Crippen molar-refractivity contribution >= 4 is 29.6 Å². The smallest absolute Gasteiger partial charge is 0.311 e. The number of carboxylic acids is 1. The summed E-state index contributed by atoms with van der Waals surface area (Å²) in [4.78, 5) is 22.8. The third-order valence-corrected chi connectivity index (χ3v) is 4.03. The fraction of sp³-hybridized carbons (Fsp3) is 0.333. The summed E-state index contributed by atoms with van der Waals surface area (Å²) in [5, 5.41) is 11.7. The molecule has 1 saturated carbocycles. The zero-order valence-corrected chi connectivity index (χ0v) is 12.0. The molecule has 0 saturated heterocycles. The number of carbonyl (C=O) groups excluding carboxylic acids is 1. The highest BCUT2D eigenvalue weighted by molar-refractivity contribution is 6.30. The first-order chi connectivity index (χ1) is 9.93. The number of benzene rings is 1. The van der Waals surface area contributed by atoms with Crippen molar-refractivity contribution in [2.45, 2.75) is 19.3 Å². The molecule has 1 aliphatic carbocycles. The fourth-order valence-corrected chi connectivity index (χ4v) is 2.36. The van der Waals surface area contributed by atoms with E-state index in [1.54, 1.807) is 0 Å². The zero-order chi connectivity index (χ0) is 15.5. The third kappa shape index (κ3) is 3.61. The molecule has 1 aliphatic rings. The van der Waals surface area contributed by atoms with Crippen molar-refractivity contribution in [2.24, 2.45) is 5.41 Å². The second-order valence-electron chi connectivity index (χ2n) is 5.16. The maximum atomic E-state index is 13.0. The van der Waals surface area contributed by atoms with Gasteiger partial charge >= 0.3 is 5.97 Å². The number of hydrogen-bond donors (Lipinski definition) is 2.